The van der Waals surface area contributed by atoms with Gasteiger partial charge < -0.3 is 5.11 Å². The van der Waals surface area contributed by atoms with Crippen molar-refractivity contribution in [3.05, 3.63) is 46.5 Å². The lowest BCUT2D eigenvalue weighted by atomic mass is 10.0. The zero-order chi connectivity index (χ0) is 10.7. The molecule has 1 aromatic carbocycles. The summed E-state index contributed by atoms with van der Waals surface area (Å²) in [5, 5.41) is 10.5. The molecule has 0 saturated heterocycles. The molecule has 1 N–H and O–H groups in total. The van der Waals surface area contributed by atoms with Gasteiger partial charge in [0.1, 0.15) is 0 Å². The van der Waals surface area contributed by atoms with Gasteiger partial charge in [-0.25, -0.2) is 0 Å². The fourth-order valence-corrected chi connectivity index (χ4v) is 1.62. The number of benzene rings is 1. The summed E-state index contributed by atoms with van der Waals surface area (Å²) in [6.07, 6.45) is 0.0169. The SMILES string of the molecule is C=C(C)CC(O)c1cccc(C)c1Cl. The van der Waals surface area contributed by atoms with Crippen molar-refractivity contribution in [3.63, 3.8) is 0 Å². The van der Waals surface area contributed by atoms with Crippen LogP contribution in [0.25, 0.3) is 0 Å². The number of hydrogen-bond acceptors (Lipinski definition) is 1. The third-order valence-corrected chi connectivity index (χ3v) is 2.64. The fourth-order valence-electron chi connectivity index (χ4n) is 1.37. The molecule has 1 rings (SSSR count). The number of halogens is 1. The van der Waals surface area contributed by atoms with E-state index in [1.165, 1.54) is 0 Å². The average molecular weight is 211 g/mol. The molecule has 1 atom stereocenters. The molecule has 14 heavy (non-hydrogen) atoms. The van der Waals surface area contributed by atoms with Crippen LogP contribution in [0.15, 0.2) is 30.4 Å². The molecule has 1 nitrogen and oxygen atoms in total. The molecule has 0 radical (unpaired) electrons. The summed E-state index contributed by atoms with van der Waals surface area (Å²) in [5.41, 5.74) is 2.73. The van der Waals surface area contributed by atoms with E-state index in [-0.39, 0.29) is 0 Å². The molecular weight excluding hydrogens is 196 g/mol. The van der Waals surface area contributed by atoms with Gasteiger partial charge in [-0.2, -0.15) is 0 Å². The van der Waals surface area contributed by atoms with Crippen molar-refractivity contribution in [2.75, 3.05) is 0 Å². The summed E-state index contributed by atoms with van der Waals surface area (Å²) >= 11 is 6.08. The molecule has 0 fully saturated rings. The van der Waals surface area contributed by atoms with Crippen molar-refractivity contribution in [2.45, 2.75) is 26.4 Å². The highest BCUT2D eigenvalue weighted by Crippen LogP contribution is 2.29. The van der Waals surface area contributed by atoms with Gasteiger partial charge in [-0.15, -0.1) is 6.58 Å². The van der Waals surface area contributed by atoms with E-state index in [4.69, 9.17) is 11.6 Å². The summed E-state index contributed by atoms with van der Waals surface area (Å²) in [4.78, 5) is 0. The summed E-state index contributed by atoms with van der Waals surface area (Å²) in [5.74, 6) is 0. The molecule has 0 aliphatic rings. The number of aliphatic hydroxyl groups is 1. The van der Waals surface area contributed by atoms with Crippen LogP contribution < -0.4 is 0 Å². The summed E-state index contributed by atoms with van der Waals surface area (Å²) in [6.45, 7) is 7.60. The molecule has 1 aromatic rings. The highest BCUT2D eigenvalue weighted by atomic mass is 35.5. The topological polar surface area (TPSA) is 20.2 Å². The lowest BCUT2D eigenvalue weighted by Crippen LogP contribution is -1.99. The van der Waals surface area contributed by atoms with Gasteiger partial charge in [0.15, 0.2) is 0 Å². The molecule has 0 amide bonds. The van der Waals surface area contributed by atoms with Crippen molar-refractivity contribution in [2.24, 2.45) is 0 Å². The Morgan fingerprint density at radius 3 is 2.79 bits per heavy atom. The van der Waals surface area contributed by atoms with E-state index >= 15 is 0 Å². The van der Waals surface area contributed by atoms with Crippen LogP contribution in [-0.4, -0.2) is 5.11 Å². The smallest absolute Gasteiger partial charge is 0.0841 e. The van der Waals surface area contributed by atoms with E-state index in [0.717, 1.165) is 16.7 Å². The number of hydrogen-bond donors (Lipinski definition) is 1. The van der Waals surface area contributed by atoms with Crippen LogP contribution in [0, 0.1) is 6.92 Å². The molecule has 0 aromatic heterocycles. The first-order valence-corrected chi connectivity index (χ1v) is 4.97. The highest BCUT2D eigenvalue weighted by molar-refractivity contribution is 6.32. The second kappa shape index (κ2) is 4.63. The van der Waals surface area contributed by atoms with Crippen molar-refractivity contribution >= 4 is 11.6 Å². The van der Waals surface area contributed by atoms with Crippen LogP contribution in [-0.2, 0) is 0 Å². The van der Waals surface area contributed by atoms with E-state index in [2.05, 4.69) is 6.58 Å². The lowest BCUT2D eigenvalue weighted by molar-refractivity contribution is 0.178. The van der Waals surface area contributed by atoms with Gasteiger partial charge in [-0.05, 0) is 31.4 Å². The first-order chi connectivity index (χ1) is 6.52. The van der Waals surface area contributed by atoms with Gasteiger partial charge in [0.2, 0.25) is 0 Å². The Labute approximate surface area is 90.0 Å². The van der Waals surface area contributed by atoms with Crippen molar-refractivity contribution < 1.29 is 5.11 Å². The molecule has 1 unspecified atom stereocenters. The first-order valence-electron chi connectivity index (χ1n) is 4.60. The molecule has 2 heteroatoms. The first kappa shape index (κ1) is 11.3. The molecular formula is C12H15ClO. The lowest BCUT2D eigenvalue weighted by Gasteiger charge is -2.13. The molecule has 0 saturated carbocycles. The average Bonchev–Trinajstić information content (AvgIpc) is 2.08. The molecule has 0 aliphatic heterocycles. The maximum absolute atomic E-state index is 9.85. The minimum Gasteiger partial charge on any atom is -0.388 e. The summed E-state index contributed by atoms with van der Waals surface area (Å²) in [7, 11) is 0. The van der Waals surface area contributed by atoms with Gasteiger partial charge in [0.05, 0.1) is 6.10 Å². The van der Waals surface area contributed by atoms with E-state index < -0.39 is 6.10 Å². The zero-order valence-electron chi connectivity index (χ0n) is 8.55. The number of rotatable bonds is 3. The van der Waals surface area contributed by atoms with E-state index in [1.807, 2.05) is 32.0 Å². The third-order valence-electron chi connectivity index (χ3n) is 2.12. The largest absolute Gasteiger partial charge is 0.388 e. The van der Waals surface area contributed by atoms with Gasteiger partial charge in [-0.1, -0.05) is 35.4 Å². The molecule has 76 valence electrons. The van der Waals surface area contributed by atoms with Crippen molar-refractivity contribution in [1.29, 1.82) is 0 Å². The maximum Gasteiger partial charge on any atom is 0.0841 e. The quantitative estimate of drug-likeness (QED) is 0.756. The minimum absolute atomic E-state index is 0.542. The monoisotopic (exact) mass is 210 g/mol. The van der Waals surface area contributed by atoms with E-state index in [9.17, 15) is 5.11 Å². The zero-order valence-corrected chi connectivity index (χ0v) is 9.30. The fraction of sp³-hybridized carbons (Fsp3) is 0.333. The van der Waals surface area contributed by atoms with Crippen LogP contribution in [0.3, 0.4) is 0 Å². The van der Waals surface area contributed by atoms with Crippen LogP contribution in [0.2, 0.25) is 5.02 Å². The highest BCUT2D eigenvalue weighted by Gasteiger charge is 2.12. The van der Waals surface area contributed by atoms with Crippen molar-refractivity contribution in [3.8, 4) is 0 Å². The standard InChI is InChI=1S/C12H15ClO/c1-8(2)7-11(14)10-6-4-5-9(3)12(10)13/h4-6,11,14H,1,7H2,2-3H3. The van der Waals surface area contributed by atoms with Crippen LogP contribution >= 0.6 is 11.6 Å². The van der Waals surface area contributed by atoms with Crippen LogP contribution in [0.4, 0.5) is 0 Å². The van der Waals surface area contributed by atoms with E-state index in [0.29, 0.717) is 11.4 Å². The molecule has 0 aliphatic carbocycles. The van der Waals surface area contributed by atoms with Gasteiger partial charge in [0, 0.05) is 5.02 Å². The normalized spacial score (nSPS) is 12.6. The second-order valence-electron chi connectivity index (χ2n) is 3.66. The molecule has 0 bridgehead atoms. The minimum atomic E-state index is -0.542. The Balaban J connectivity index is 2.95. The Bertz CT molecular complexity index is 344. The summed E-state index contributed by atoms with van der Waals surface area (Å²) in [6, 6.07) is 5.68. The van der Waals surface area contributed by atoms with Crippen LogP contribution in [0.1, 0.15) is 30.6 Å². The molecule has 0 spiro atoms. The van der Waals surface area contributed by atoms with Gasteiger partial charge >= 0.3 is 0 Å². The maximum atomic E-state index is 9.85. The molecule has 0 heterocycles. The third kappa shape index (κ3) is 2.60. The number of aryl methyl sites for hydroxylation is 1. The Morgan fingerprint density at radius 1 is 1.57 bits per heavy atom. The predicted octanol–water partition coefficient (Wildman–Crippen LogP) is 3.65. The predicted molar refractivity (Wildman–Crippen MR) is 60.6 cm³/mol. The Kier molecular flexibility index (Phi) is 3.73. The Hall–Kier alpha value is -0.790. The Morgan fingerprint density at radius 2 is 2.21 bits per heavy atom. The van der Waals surface area contributed by atoms with Crippen molar-refractivity contribution in [1.82, 2.24) is 0 Å². The van der Waals surface area contributed by atoms with Crippen LogP contribution in [0.5, 0.6) is 0 Å². The van der Waals surface area contributed by atoms with E-state index in [1.54, 1.807) is 0 Å². The second-order valence-corrected chi connectivity index (χ2v) is 4.03. The van der Waals surface area contributed by atoms with Gasteiger partial charge in [-0.3, -0.25) is 0 Å². The number of aliphatic hydroxyl groups excluding tert-OH is 1. The van der Waals surface area contributed by atoms with Gasteiger partial charge in [0.25, 0.3) is 0 Å². The summed E-state index contributed by atoms with van der Waals surface area (Å²) < 4.78 is 0.